The smallest absolute Gasteiger partial charge is 0.166 e. The molecule has 0 aromatic heterocycles. The maximum atomic E-state index is 12.5. The minimum Gasteiger partial charge on any atom is -0.166 e. The van der Waals surface area contributed by atoms with E-state index in [-0.39, 0.29) is 20.9 Å². The molecule has 0 aliphatic heterocycles. The van der Waals surface area contributed by atoms with E-state index >= 15 is 0 Å². The van der Waals surface area contributed by atoms with Crippen LogP contribution >= 0.6 is 39.1 Å². The molecule has 0 aliphatic rings. The van der Waals surface area contributed by atoms with Crippen LogP contribution in [0.3, 0.4) is 0 Å². The van der Waals surface area contributed by atoms with E-state index in [1.165, 1.54) is 12.1 Å². The van der Waals surface area contributed by atoms with Gasteiger partial charge in [-0.3, -0.25) is 0 Å². The molecule has 0 unspecified atom stereocenters. The molecule has 0 spiro atoms. The molecule has 0 amide bonds. The Bertz CT molecular complexity index is 349. The van der Waals surface area contributed by atoms with Gasteiger partial charge in [-0.15, -0.1) is 11.6 Å². The van der Waals surface area contributed by atoms with E-state index < -0.39 is 11.7 Å². The van der Waals surface area contributed by atoms with Gasteiger partial charge in [0.25, 0.3) is 0 Å². The van der Waals surface area contributed by atoms with Crippen molar-refractivity contribution in [2.24, 2.45) is 0 Å². The van der Waals surface area contributed by atoms with Crippen molar-refractivity contribution < 1.29 is 13.2 Å². The van der Waals surface area contributed by atoms with Crippen molar-refractivity contribution in [2.45, 2.75) is 12.1 Å². The van der Waals surface area contributed by atoms with Gasteiger partial charge in [0, 0.05) is 10.4 Å². The fraction of sp³-hybridized carbons (Fsp3) is 0.250. The summed E-state index contributed by atoms with van der Waals surface area (Å²) in [6.45, 7) is 0. The third kappa shape index (κ3) is 2.35. The predicted octanol–water partition coefficient (Wildman–Crippen LogP) is 4.86. The lowest BCUT2D eigenvalue weighted by Gasteiger charge is -2.13. The predicted molar refractivity (Wildman–Crippen MR) is 53.7 cm³/mol. The molecular formula is C8H4BrCl2F3. The fourth-order valence-corrected chi connectivity index (χ4v) is 2.26. The zero-order valence-corrected chi connectivity index (χ0v) is 9.73. The summed E-state index contributed by atoms with van der Waals surface area (Å²) in [6.07, 6.45) is -4.47. The number of alkyl halides is 4. The molecule has 0 aliphatic carbocycles. The zero-order valence-electron chi connectivity index (χ0n) is 6.63. The Morgan fingerprint density at radius 3 is 2.29 bits per heavy atom. The first-order chi connectivity index (χ1) is 6.38. The molecule has 1 aromatic rings. The average Bonchev–Trinajstić information content (AvgIpc) is 2.02. The second kappa shape index (κ2) is 4.29. The molecule has 0 saturated carbocycles. The number of rotatable bonds is 1. The summed E-state index contributed by atoms with van der Waals surface area (Å²) in [5, 5.41) is -0.345. The molecule has 0 bridgehead atoms. The van der Waals surface area contributed by atoms with Crippen molar-refractivity contribution >= 4 is 39.1 Å². The van der Waals surface area contributed by atoms with Gasteiger partial charge < -0.3 is 0 Å². The van der Waals surface area contributed by atoms with Gasteiger partial charge in [-0.25, -0.2) is 0 Å². The van der Waals surface area contributed by atoms with Crippen molar-refractivity contribution in [3.05, 3.63) is 32.8 Å². The van der Waals surface area contributed by atoms with Crippen molar-refractivity contribution in [2.75, 3.05) is 0 Å². The second-order valence-electron chi connectivity index (χ2n) is 2.53. The summed E-state index contributed by atoms with van der Waals surface area (Å²) in [7, 11) is 0. The van der Waals surface area contributed by atoms with E-state index in [1.54, 1.807) is 0 Å². The highest BCUT2D eigenvalue weighted by Gasteiger charge is 2.36. The highest BCUT2D eigenvalue weighted by atomic mass is 79.9. The Hall–Kier alpha value is 0.0700. The molecule has 0 fully saturated rings. The van der Waals surface area contributed by atoms with Crippen molar-refractivity contribution in [1.82, 2.24) is 0 Å². The molecule has 0 saturated heterocycles. The van der Waals surface area contributed by atoms with Gasteiger partial charge in [0.15, 0.2) is 0 Å². The molecule has 1 aromatic carbocycles. The first kappa shape index (κ1) is 12.1. The van der Waals surface area contributed by atoms with Crippen LogP contribution in [0.5, 0.6) is 0 Å². The van der Waals surface area contributed by atoms with Gasteiger partial charge in [0.2, 0.25) is 0 Å². The lowest BCUT2D eigenvalue weighted by atomic mass is 10.1. The quantitative estimate of drug-likeness (QED) is 0.650. The molecule has 0 N–H and O–H groups in total. The average molecular weight is 308 g/mol. The van der Waals surface area contributed by atoms with E-state index in [0.29, 0.717) is 0 Å². The Morgan fingerprint density at radius 1 is 1.29 bits per heavy atom. The standard InChI is InChI=1S/C8H4BrCl2F3/c9-5-2-1-4(3-10)7(11)6(5)8(12,13)14/h1-2H,3H2. The van der Waals surface area contributed by atoms with E-state index in [0.717, 1.165) is 0 Å². The largest absolute Gasteiger partial charge is 0.418 e. The van der Waals surface area contributed by atoms with Crippen LogP contribution in [0.1, 0.15) is 11.1 Å². The van der Waals surface area contributed by atoms with Crippen LogP contribution in [0.15, 0.2) is 16.6 Å². The Labute approximate surface area is 97.1 Å². The summed E-state index contributed by atoms with van der Waals surface area (Å²) in [5.41, 5.74) is -0.610. The highest BCUT2D eigenvalue weighted by Crippen LogP contribution is 2.41. The normalized spacial score (nSPS) is 11.9. The highest BCUT2D eigenvalue weighted by molar-refractivity contribution is 9.10. The maximum Gasteiger partial charge on any atom is 0.418 e. The molecule has 6 heteroatoms. The third-order valence-corrected chi connectivity index (χ3v) is 2.98. The lowest BCUT2D eigenvalue weighted by molar-refractivity contribution is -0.138. The summed E-state index contributed by atoms with van der Waals surface area (Å²) in [5.74, 6) is -0.0464. The van der Waals surface area contributed by atoms with Gasteiger partial charge in [0.05, 0.1) is 10.6 Å². The van der Waals surface area contributed by atoms with Gasteiger partial charge in [-0.05, 0) is 11.6 Å². The first-order valence-electron chi connectivity index (χ1n) is 3.48. The summed E-state index contributed by atoms with van der Waals surface area (Å²) < 4.78 is 37.3. The second-order valence-corrected chi connectivity index (χ2v) is 4.03. The Kier molecular flexibility index (Phi) is 3.72. The topological polar surface area (TPSA) is 0 Å². The van der Waals surface area contributed by atoms with Gasteiger partial charge in [-0.1, -0.05) is 33.6 Å². The summed E-state index contributed by atoms with van der Waals surface area (Å²) in [4.78, 5) is 0. The minimum atomic E-state index is -4.47. The molecule has 14 heavy (non-hydrogen) atoms. The van der Waals surface area contributed by atoms with Crippen LogP contribution in [0.25, 0.3) is 0 Å². The number of benzene rings is 1. The maximum absolute atomic E-state index is 12.5. The molecule has 78 valence electrons. The van der Waals surface area contributed by atoms with E-state index in [9.17, 15) is 13.2 Å². The van der Waals surface area contributed by atoms with Gasteiger partial charge >= 0.3 is 6.18 Å². The molecule has 0 radical (unpaired) electrons. The van der Waals surface area contributed by atoms with Crippen molar-refractivity contribution in [3.63, 3.8) is 0 Å². The first-order valence-corrected chi connectivity index (χ1v) is 5.18. The van der Waals surface area contributed by atoms with E-state index in [4.69, 9.17) is 23.2 Å². The fourth-order valence-electron chi connectivity index (χ4n) is 0.959. The van der Waals surface area contributed by atoms with Crippen LogP contribution in [0.4, 0.5) is 13.2 Å². The number of hydrogen-bond donors (Lipinski definition) is 0. The molecule has 1 rings (SSSR count). The number of hydrogen-bond acceptors (Lipinski definition) is 0. The minimum absolute atomic E-state index is 0.0464. The Morgan fingerprint density at radius 2 is 1.86 bits per heavy atom. The summed E-state index contributed by atoms with van der Waals surface area (Å²) >= 11 is 13.8. The van der Waals surface area contributed by atoms with Crippen molar-refractivity contribution in [1.29, 1.82) is 0 Å². The van der Waals surface area contributed by atoms with Gasteiger partial charge in [0.1, 0.15) is 0 Å². The van der Waals surface area contributed by atoms with Crippen LogP contribution in [-0.2, 0) is 12.1 Å². The van der Waals surface area contributed by atoms with Gasteiger partial charge in [-0.2, -0.15) is 13.2 Å². The Balaban J connectivity index is 3.40. The number of halogens is 6. The molecular weight excluding hydrogens is 304 g/mol. The SMILES string of the molecule is FC(F)(F)c1c(Br)ccc(CCl)c1Cl. The van der Waals surface area contributed by atoms with E-state index in [1.807, 2.05) is 0 Å². The van der Waals surface area contributed by atoms with Crippen LogP contribution < -0.4 is 0 Å². The van der Waals surface area contributed by atoms with Crippen molar-refractivity contribution in [3.8, 4) is 0 Å². The van der Waals surface area contributed by atoms with Crippen LogP contribution in [0, 0.1) is 0 Å². The lowest BCUT2D eigenvalue weighted by Crippen LogP contribution is -2.08. The summed E-state index contributed by atoms with van der Waals surface area (Å²) in [6, 6.07) is 2.74. The molecule has 0 atom stereocenters. The van der Waals surface area contributed by atoms with Crippen LogP contribution in [0.2, 0.25) is 5.02 Å². The zero-order chi connectivity index (χ0) is 10.9. The van der Waals surface area contributed by atoms with Crippen LogP contribution in [-0.4, -0.2) is 0 Å². The molecule has 0 heterocycles. The third-order valence-electron chi connectivity index (χ3n) is 1.60. The molecule has 0 nitrogen and oxygen atoms in total. The van der Waals surface area contributed by atoms with E-state index in [2.05, 4.69) is 15.9 Å². The monoisotopic (exact) mass is 306 g/mol.